The third kappa shape index (κ3) is 4.38. The van der Waals surface area contributed by atoms with Crippen LogP contribution >= 0.6 is 0 Å². The maximum atomic E-state index is 11.8. The van der Waals surface area contributed by atoms with Crippen LogP contribution < -0.4 is 15.0 Å². The summed E-state index contributed by atoms with van der Waals surface area (Å²) in [7, 11) is 1.56. The van der Waals surface area contributed by atoms with Crippen LogP contribution in [0, 0.1) is 0 Å². The average molecular weight is 410 g/mol. The molecule has 0 bridgehead atoms. The van der Waals surface area contributed by atoms with E-state index >= 15 is 0 Å². The Morgan fingerprint density at radius 1 is 1.23 bits per heavy atom. The van der Waals surface area contributed by atoms with Gasteiger partial charge in [-0.2, -0.15) is 4.98 Å². The summed E-state index contributed by atoms with van der Waals surface area (Å²) in [6, 6.07) is 9.59. The first-order valence-electron chi connectivity index (χ1n) is 10.3. The Morgan fingerprint density at radius 2 is 2.03 bits per heavy atom. The number of nitrogens with one attached hydrogen (secondary N) is 1. The highest BCUT2D eigenvalue weighted by Crippen LogP contribution is 2.31. The molecule has 1 amide bonds. The summed E-state index contributed by atoms with van der Waals surface area (Å²) in [6.45, 7) is 0.555. The molecule has 1 aliphatic carbocycles. The zero-order chi connectivity index (χ0) is 20.9. The number of oxazole rings is 1. The molecular formula is C22H26N4O4. The van der Waals surface area contributed by atoms with Crippen LogP contribution in [0.5, 0.6) is 11.5 Å². The number of aliphatic hydroxyl groups is 1. The van der Waals surface area contributed by atoms with Crippen LogP contribution in [0.3, 0.4) is 0 Å². The highest BCUT2D eigenvalue weighted by molar-refractivity contribution is 5.92. The number of aliphatic hydroxyl groups excluding tert-OH is 1. The third-order valence-electron chi connectivity index (χ3n) is 5.38. The topological polar surface area (TPSA) is 101 Å². The summed E-state index contributed by atoms with van der Waals surface area (Å²) in [5.74, 6) is 0.805. The quantitative estimate of drug-likeness (QED) is 0.615. The van der Waals surface area contributed by atoms with Gasteiger partial charge in [-0.3, -0.25) is 9.78 Å². The number of ether oxygens (including phenoxy) is 1. The van der Waals surface area contributed by atoms with Gasteiger partial charge in [0.2, 0.25) is 0 Å². The lowest BCUT2D eigenvalue weighted by Gasteiger charge is -2.32. The van der Waals surface area contributed by atoms with Gasteiger partial charge in [0.25, 0.3) is 11.9 Å². The van der Waals surface area contributed by atoms with E-state index in [1.54, 1.807) is 25.2 Å². The minimum Gasteiger partial charge on any atom is -0.457 e. The molecule has 8 heteroatoms. The molecule has 158 valence electrons. The van der Waals surface area contributed by atoms with E-state index < -0.39 is 0 Å². The van der Waals surface area contributed by atoms with Crippen molar-refractivity contribution in [3.05, 3.63) is 42.2 Å². The molecule has 1 fully saturated rings. The molecule has 3 aromatic rings. The molecule has 2 heterocycles. The number of rotatable bonds is 7. The number of nitrogens with zero attached hydrogens (tertiary/aromatic N) is 3. The van der Waals surface area contributed by atoms with Gasteiger partial charge in [0.1, 0.15) is 22.7 Å². The summed E-state index contributed by atoms with van der Waals surface area (Å²) in [5.41, 5.74) is 1.63. The number of hydrogen-bond donors (Lipinski definition) is 2. The van der Waals surface area contributed by atoms with Crippen LogP contribution in [0.15, 0.2) is 40.9 Å². The predicted octanol–water partition coefficient (Wildman–Crippen LogP) is 3.51. The molecule has 4 rings (SSSR count). The first-order valence-corrected chi connectivity index (χ1v) is 10.3. The molecule has 30 heavy (non-hydrogen) atoms. The van der Waals surface area contributed by atoms with Gasteiger partial charge in [0.15, 0.2) is 5.58 Å². The summed E-state index contributed by atoms with van der Waals surface area (Å²) >= 11 is 0. The fourth-order valence-corrected chi connectivity index (χ4v) is 3.88. The number of carbonyl (C=O) groups is 1. The van der Waals surface area contributed by atoms with Crippen LogP contribution in [0.2, 0.25) is 0 Å². The normalized spacial score (nSPS) is 14.6. The van der Waals surface area contributed by atoms with E-state index in [1.807, 2.05) is 12.1 Å². The Bertz CT molecular complexity index is 1010. The zero-order valence-corrected chi connectivity index (χ0v) is 17.0. The van der Waals surface area contributed by atoms with Crippen molar-refractivity contribution in [1.29, 1.82) is 0 Å². The molecule has 0 unspecified atom stereocenters. The second-order valence-corrected chi connectivity index (χ2v) is 7.39. The fourth-order valence-electron chi connectivity index (χ4n) is 3.88. The number of pyridine rings is 1. The summed E-state index contributed by atoms with van der Waals surface area (Å²) in [6.07, 6.45) is 7.34. The van der Waals surface area contributed by atoms with Gasteiger partial charge < -0.3 is 24.5 Å². The minimum atomic E-state index is -0.275. The number of anilines is 1. The Kier molecular flexibility index (Phi) is 6.13. The number of fused-ring (bicyclic) bond motifs is 1. The van der Waals surface area contributed by atoms with E-state index in [1.165, 1.54) is 25.5 Å². The van der Waals surface area contributed by atoms with Gasteiger partial charge >= 0.3 is 0 Å². The molecule has 1 aliphatic rings. The first kappa shape index (κ1) is 20.2. The van der Waals surface area contributed by atoms with Gasteiger partial charge in [-0.1, -0.05) is 19.3 Å². The van der Waals surface area contributed by atoms with E-state index in [2.05, 4.69) is 20.2 Å². The number of aromatic nitrogens is 2. The maximum absolute atomic E-state index is 11.8. The summed E-state index contributed by atoms with van der Waals surface area (Å²) in [4.78, 5) is 22.5. The first-order chi connectivity index (χ1) is 14.7. The van der Waals surface area contributed by atoms with Gasteiger partial charge in [0, 0.05) is 38.0 Å². The van der Waals surface area contributed by atoms with Gasteiger partial charge in [-0.15, -0.1) is 0 Å². The highest BCUT2D eigenvalue weighted by Gasteiger charge is 2.25. The lowest BCUT2D eigenvalue weighted by molar-refractivity contribution is 0.0958. The predicted molar refractivity (Wildman–Crippen MR) is 113 cm³/mol. The van der Waals surface area contributed by atoms with Crippen LogP contribution in [-0.2, 0) is 0 Å². The molecule has 1 aromatic carbocycles. The molecule has 0 atom stereocenters. The molecule has 1 saturated carbocycles. The molecular weight excluding hydrogens is 384 g/mol. The lowest BCUT2D eigenvalue weighted by Crippen LogP contribution is -2.39. The zero-order valence-electron chi connectivity index (χ0n) is 17.0. The van der Waals surface area contributed by atoms with Crippen molar-refractivity contribution in [3.8, 4) is 11.5 Å². The van der Waals surface area contributed by atoms with Crippen LogP contribution in [0.4, 0.5) is 6.01 Å². The Morgan fingerprint density at radius 3 is 2.80 bits per heavy atom. The molecule has 2 N–H and O–H groups in total. The van der Waals surface area contributed by atoms with Crippen molar-refractivity contribution < 1.29 is 19.1 Å². The third-order valence-corrected chi connectivity index (χ3v) is 5.38. The SMILES string of the molecule is CNC(=O)c1cc(Oc2ccc3nc(N(CCO)C4CCCCC4)oc3c2)ccn1. The van der Waals surface area contributed by atoms with Crippen molar-refractivity contribution in [3.63, 3.8) is 0 Å². The summed E-state index contributed by atoms with van der Waals surface area (Å²) < 4.78 is 11.9. The largest absolute Gasteiger partial charge is 0.457 e. The van der Waals surface area contributed by atoms with E-state index in [4.69, 9.17) is 9.15 Å². The standard InChI is InChI=1S/C22H26N4O4/c1-23-21(28)19-13-17(9-10-24-19)29-16-7-8-18-20(14-16)30-22(25-18)26(11-12-27)15-5-3-2-4-6-15/h7-10,13-15,27H,2-6,11-12H2,1H3,(H,23,28). The van der Waals surface area contributed by atoms with E-state index in [9.17, 15) is 9.90 Å². The minimum absolute atomic E-state index is 0.0549. The van der Waals surface area contributed by atoms with E-state index in [-0.39, 0.29) is 18.2 Å². The van der Waals surface area contributed by atoms with Crippen molar-refractivity contribution in [2.45, 2.75) is 38.1 Å². The van der Waals surface area contributed by atoms with Crippen LogP contribution in [-0.4, -0.2) is 47.2 Å². The number of hydrogen-bond acceptors (Lipinski definition) is 7. The van der Waals surface area contributed by atoms with E-state index in [0.29, 0.717) is 35.7 Å². The average Bonchev–Trinajstić information content (AvgIpc) is 3.20. The Balaban J connectivity index is 1.57. The van der Waals surface area contributed by atoms with E-state index in [0.717, 1.165) is 18.4 Å². The Labute approximate surface area is 174 Å². The highest BCUT2D eigenvalue weighted by atomic mass is 16.5. The molecule has 8 nitrogen and oxygen atoms in total. The van der Waals surface area contributed by atoms with Crippen LogP contribution in [0.25, 0.3) is 11.1 Å². The second kappa shape index (κ2) is 9.13. The summed E-state index contributed by atoms with van der Waals surface area (Å²) in [5, 5.41) is 12.1. The van der Waals surface area contributed by atoms with Crippen molar-refractivity contribution >= 4 is 23.0 Å². The number of amides is 1. The smallest absolute Gasteiger partial charge is 0.298 e. The second-order valence-electron chi connectivity index (χ2n) is 7.39. The molecule has 0 radical (unpaired) electrons. The van der Waals surface area contributed by atoms with Gasteiger partial charge in [0.05, 0.1) is 6.61 Å². The number of benzene rings is 1. The van der Waals surface area contributed by atoms with Crippen molar-refractivity contribution in [1.82, 2.24) is 15.3 Å². The molecule has 0 saturated heterocycles. The lowest BCUT2D eigenvalue weighted by atomic mass is 9.94. The molecule has 2 aromatic heterocycles. The van der Waals surface area contributed by atoms with Crippen LogP contribution in [0.1, 0.15) is 42.6 Å². The monoisotopic (exact) mass is 410 g/mol. The fraction of sp³-hybridized carbons (Fsp3) is 0.409. The Hall–Kier alpha value is -3.13. The number of carbonyl (C=O) groups excluding carboxylic acids is 1. The molecule has 0 spiro atoms. The van der Waals surface area contributed by atoms with Gasteiger partial charge in [-0.05, 0) is 31.0 Å². The van der Waals surface area contributed by atoms with Crippen molar-refractivity contribution in [2.75, 3.05) is 25.1 Å². The van der Waals surface area contributed by atoms with Gasteiger partial charge in [-0.25, -0.2) is 0 Å². The maximum Gasteiger partial charge on any atom is 0.298 e. The van der Waals surface area contributed by atoms with Crippen molar-refractivity contribution in [2.24, 2.45) is 0 Å². The molecule has 0 aliphatic heterocycles.